The van der Waals surface area contributed by atoms with Crippen LogP contribution >= 0.6 is 35.5 Å². The molecule has 3 N–H and O–H groups in total. The lowest BCUT2D eigenvalue weighted by Gasteiger charge is -2.22. The van der Waals surface area contributed by atoms with E-state index in [9.17, 15) is 18.0 Å². The fourth-order valence-corrected chi connectivity index (χ4v) is 5.46. The van der Waals surface area contributed by atoms with Crippen molar-refractivity contribution in [3.8, 4) is 11.3 Å². The first kappa shape index (κ1) is 24.3. The van der Waals surface area contributed by atoms with Crippen LogP contribution in [0, 0.1) is 0 Å². The van der Waals surface area contributed by atoms with E-state index in [2.05, 4.69) is 9.71 Å². The monoisotopic (exact) mass is 513 g/mol. The Morgan fingerprint density at radius 2 is 1.88 bits per heavy atom. The molecule has 1 saturated carbocycles. The highest BCUT2D eigenvalue weighted by Gasteiger charge is 2.30. The number of H-pyrrole nitrogens is 1. The Hall–Kier alpha value is -1.81. The largest absolute Gasteiger partial charge is 0.461 e. The van der Waals surface area contributed by atoms with E-state index in [4.69, 9.17) is 11.6 Å². The van der Waals surface area contributed by atoms with E-state index in [0.29, 0.717) is 22.3 Å². The second kappa shape index (κ2) is 10.6. The number of fused-ring (bicyclic) bond motifs is 1. The second-order valence-corrected chi connectivity index (χ2v) is 10.1. The summed E-state index contributed by atoms with van der Waals surface area (Å²) in [5, 5.41) is 1.41. The molecular formula is C23H23ClF3N3OS2. The van der Waals surface area contributed by atoms with Crippen LogP contribution in [0.3, 0.4) is 0 Å². The maximum absolute atomic E-state index is 12.5. The Morgan fingerprint density at radius 3 is 2.64 bits per heavy atom. The third kappa shape index (κ3) is 6.41. The lowest BCUT2D eigenvalue weighted by molar-refractivity contribution is -0.118. The molecule has 1 aromatic heterocycles. The molecule has 0 atom stereocenters. The van der Waals surface area contributed by atoms with Crippen LogP contribution in [0.4, 0.5) is 13.2 Å². The van der Waals surface area contributed by atoms with E-state index in [-0.39, 0.29) is 6.42 Å². The van der Waals surface area contributed by atoms with Gasteiger partial charge in [0.25, 0.3) is 0 Å². The first-order valence-corrected chi connectivity index (χ1v) is 12.7. The molecular weight excluding hydrogens is 491 g/mol. The molecule has 4 nitrogen and oxygen atoms in total. The van der Waals surface area contributed by atoms with Gasteiger partial charge in [0.2, 0.25) is 5.91 Å². The maximum Gasteiger partial charge on any atom is 0.461 e. The number of halogens is 4. The Labute approximate surface area is 203 Å². The molecule has 1 heterocycles. The molecule has 0 spiro atoms. The molecule has 0 unspecified atom stereocenters. The zero-order valence-electron chi connectivity index (χ0n) is 17.6. The molecule has 0 saturated heterocycles. The van der Waals surface area contributed by atoms with Gasteiger partial charge in [0, 0.05) is 21.8 Å². The number of para-hydroxylation sites is 1. The molecule has 1 amide bonds. The quantitative estimate of drug-likeness (QED) is 0.291. The predicted octanol–water partition coefficient (Wildman–Crippen LogP) is 7.24. The first-order valence-electron chi connectivity index (χ1n) is 10.7. The van der Waals surface area contributed by atoms with Gasteiger partial charge in [-0.15, -0.1) is 0 Å². The first-order chi connectivity index (χ1) is 15.8. The number of hydrogen-bond donors (Lipinski definition) is 3. The topological polar surface area (TPSA) is 56.9 Å². The van der Waals surface area contributed by atoms with Gasteiger partial charge >= 0.3 is 5.51 Å². The van der Waals surface area contributed by atoms with Crippen LogP contribution in [0.1, 0.15) is 37.7 Å². The molecule has 1 fully saturated rings. The summed E-state index contributed by atoms with van der Waals surface area (Å²) in [6.45, 7) is 0. The second-order valence-electron chi connectivity index (χ2n) is 7.97. The molecule has 0 aliphatic heterocycles. The summed E-state index contributed by atoms with van der Waals surface area (Å²) in [5.41, 5.74) is -1.58. The van der Waals surface area contributed by atoms with Crippen molar-refractivity contribution in [2.75, 3.05) is 0 Å². The number of aromatic amines is 1. The van der Waals surface area contributed by atoms with E-state index in [0.717, 1.165) is 34.2 Å². The molecule has 0 bridgehead atoms. The van der Waals surface area contributed by atoms with Crippen LogP contribution in [-0.4, -0.2) is 22.4 Å². The number of benzene rings is 2. The van der Waals surface area contributed by atoms with Gasteiger partial charge < -0.3 is 4.98 Å². The number of carbonyl (C=O) groups excluding carboxylic acids is 1. The minimum atomic E-state index is -4.54. The number of nitrogens with one attached hydrogen (secondary N) is 3. The van der Waals surface area contributed by atoms with E-state index >= 15 is 0 Å². The number of amides is 1. The fourth-order valence-electron chi connectivity index (χ4n) is 4.05. The predicted molar refractivity (Wildman–Crippen MR) is 130 cm³/mol. The highest BCUT2D eigenvalue weighted by atomic mass is 35.5. The molecule has 0 radical (unpaired) electrons. The van der Waals surface area contributed by atoms with Crippen LogP contribution in [0.25, 0.3) is 22.2 Å². The van der Waals surface area contributed by atoms with Crippen LogP contribution in [0.15, 0.2) is 47.4 Å². The van der Waals surface area contributed by atoms with Crippen LogP contribution in [-0.2, 0) is 11.2 Å². The Morgan fingerprint density at radius 1 is 1.12 bits per heavy atom. The molecule has 1 aliphatic rings. The SMILES string of the molecule is O=C(Cc1c(-c2ccc(Cl)c(SNC3CCCCC3)c2)[nH]c2ccccc12)NSC(F)(F)F. The van der Waals surface area contributed by atoms with Gasteiger partial charge in [-0.05, 0) is 54.1 Å². The Balaban J connectivity index is 1.60. The average molecular weight is 514 g/mol. The van der Waals surface area contributed by atoms with Crippen LogP contribution in [0.5, 0.6) is 0 Å². The molecule has 33 heavy (non-hydrogen) atoms. The van der Waals surface area contributed by atoms with E-state index < -0.39 is 23.4 Å². The van der Waals surface area contributed by atoms with Gasteiger partial charge in [0.05, 0.1) is 29.1 Å². The van der Waals surface area contributed by atoms with Crippen LogP contribution < -0.4 is 9.44 Å². The minimum absolute atomic E-state index is 0.187. The van der Waals surface area contributed by atoms with Crippen molar-refractivity contribution >= 4 is 52.3 Å². The summed E-state index contributed by atoms with van der Waals surface area (Å²) in [6, 6.07) is 13.5. The van der Waals surface area contributed by atoms with E-state index in [1.807, 2.05) is 41.1 Å². The van der Waals surface area contributed by atoms with Crippen molar-refractivity contribution in [3.63, 3.8) is 0 Å². The van der Waals surface area contributed by atoms with Gasteiger partial charge in [-0.2, -0.15) is 13.2 Å². The molecule has 1 aliphatic carbocycles. The Kier molecular flexibility index (Phi) is 7.83. The Bertz CT molecular complexity index is 1130. The zero-order chi connectivity index (χ0) is 23.4. The highest BCUT2D eigenvalue weighted by molar-refractivity contribution is 7.98. The van der Waals surface area contributed by atoms with Gasteiger partial charge in [-0.25, -0.2) is 0 Å². The maximum atomic E-state index is 12.5. The molecule has 176 valence electrons. The van der Waals surface area contributed by atoms with Gasteiger partial charge in [0.1, 0.15) is 0 Å². The van der Waals surface area contributed by atoms with Crippen molar-refractivity contribution < 1.29 is 18.0 Å². The molecule has 3 aromatic rings. The number of rotatable bonds is 7. The summed E-state index contributed by atoms with van der Waals surface area (Å²) in [5.74, 6) is -0.717. The molecule has 2 aromatic carbocycles. The van der Waals surface area contributed by atoms with Crippen molar-refractivity contribution in [1.82, 2.24) is 14.4 Å². The summed E-state index contributed by atoms with van der Waals surface area (Å²) < 4.78 is 42.9. The summed E-state index contributed by atoms with van der Waals surface area (Å²) >= 11 is 7.40. The van der Waals surface area contributed by atoms with Gasteiger partial charge in [-0.1, -0.05) is 55.1 Å². The number of alkyl halides is 3. The summed E-state index contributed by atoms with van der Waals surface area (Å²) in [7, 11) is 0. The van der Waals surface area contributed by atoms with Gasteiger partial charge in [0.15, 0.2) is 0 Å². The fraction of sp³-hybridized carbons (Fsp3) is 0.348. The number of hydrogen-bond acceptors (Lipinski definition) is 4. The summed E-state index contributed by atoms with van der Waals surface area (Å²) in [4.78, 5) is 16.5. The third-order valence-electron chi connectivity index (χ3n) is 5.59. The highest BCUT2D eigenvalue weighted by Crippen LogP contribution is 2.36. The number of carbonyl (C=O) groups is 1. The smallest absolute Gasteiger partial charge is 0.354 e. The molecule has 4 rings (SSSR count). The zero-order valence-corrected chi connectivity index (χ0v) is 20.0. The van der Waals surface area contributed by atoms with Gasteiger partial charge in [-0.3, -0.25) is 14.2 Å². The van der Waals surface area contributed by atoms with E-state index in [1.54, 1.807) is 6.07 Å². The van der Waals surface area contributed by atoms with Crippen LogP contribution in [0.2, 0.25) is 5.02 Å². The van der Waals surface area contributed by atoms with Crippen molar-refractivity contribution in [1.29, 1.82) is 0 Å². The summed E-state index contributed by atoms with van der Waals surface area (Å²) in [6.07, 6.45) is 5.81. The normalized spacial score (nSPS) is 15.2. The third-order valence-corrected chi connectivity index (χ3v) is 7.60. The standard InChI is InChI=1S/C23H23ClF3N3OS2/c24-18-11-10-14(12-20(18)32-29-15-6-2-1-3-7-15)22-17(13-21(31)30-33-23(25,26)27)16-8-4-5-9-19(16)28-22/h4-5,8-12,15,28-29H,1-3,6-7,13H2,(H,30,31). The lowest BCUT2D eigenvalue weighted by atomic mass is 9.96. The molecule has 10 heteroatoms. The lowest BCUT2D eigenvalue weighted by Crippen LogP contribution is -2.25. The number of aromatic nitrogens is 1. The minimum Gasteiger partial charge on any atom is -0.354 e. The van der Waals surface area contributed by atoms with E-state index in [1.165, 1.54) is 31.2 Å². The van der Waals surface area contributed by atoms with Crippen molar-refractivity contribution in [2.24, 2.45) is 0 Å². The van der Waals surface area contributed by atoms with Crippen molar-refractivity contribution in [3.05, 3.63) is 53.1 Å². The average Bonchev–Trinajstić information content (AvgIpc) is 3.16. The van der Waals surface area contributed by atoms with Crippen molar-refractivity contribution in [2.45, 2.75) is 55.0 Å².